The van der Waals surface area contributed by atoms with Crippen molar-refractivity contribution < 1.29 is 9.26 Å². The highest BCUT2D eigenvalue weighted by molar-refractivity contribution is 5.58. The molecule has 0 bridgehead atoms. The molecule has 3 aromatic rings. The molecule has 0 N–H and O–H groups in total. The third-order valence-electron chi connectivity index (χ3n) is 2.57. The Kier molecular flexibility index (Phi) is 2.89. The summed E-state index contributed by atoms with van der Waals surface area (Å²) in [7, 11) is 1.62. The van der Waals surface area contributed by atoms with E-state index in [1.807, 2.05) is 24.3 Å². The maximum Gasteiger partial charge on any atom is 0.278 e. The van der Waals surface area contributed by atoms with E-state index in [0.717, 1.165) is 11.3 Å². The summed E-state index contributed by atoms with van der Waals surface area (Å²) in [5.41, 5.74) is 1.40. The Morgan fingerprint density at radius 3 is 2.63 bits per heavy atom. The zero-order valence-electron chi connectivity index (χ0n) is 10.1. The molecular formula is C13H10N4O2. The molecule has 0 saturated heterocycles. The summed E-state index contributed by atoms with van der Waals surface area (Å²) < 4.78 is 10.3. The molecule has 6 heteroatoms. The number of hydrogen-bond donors (Lipinski definition) is 0. The summed E-state index contributed by atoms with van der Waals surface area (Å²) in [6.07, 6.45) is 1.59. The van der Waals surface area contributed by atoms with E-state index in [1.54, 1.807) is 25.4 Å². The van der Waals surface area contributed by atoms with Gasteiger partial charge >= 0.3 is 0 Å². The van der Waals surface area contributed by atoms with Crippen molar-refractivity contribution in [3.8, 4) is 28.7 Å². The first kappa shape index (κ1) is 11.3. The van der Waals surface area contributed by atoms with Crippen LogP contribution in [0.3, 0.4) is 0 Å². The van der Waals surface area contributed by atoms with Crippen LogP contribution >= 0.6 is 0 Å². The molecule has 0 spiro atoms. The average Bonchev–Trinajstić information content (AvgIpc) is 2.98. The number of aromatic nitrogens is 4. The summed E-state index contributed by atoms with van der Waals surface area (Å²) in [5.74, 6) is 1.63. The Bertz CT molecular complexity index is 665. The fourth-order valence-electron chi connectivity index (χ4n) is 1.60. The molecule has 1 aromatic carbocycles. The lowest BCUT2D eigenvalue weighted by Gasteiger charge is -1.98. The van der Waals surface area contributed by atoms with Gasteiger partial charge in [-0.3, -0.25) is 0 Å². The number of benzene rings is 1. The Morgan fingerprint density at radius 2 is 1.95 bits per heavy atom. The molecule has 0 fully saturated rings. The molecule has 3 rings (SSSR count). The molecule has 0 radical (unpaired) electrons. The molecule has 0 aliphatic carbocycles. The smallest absolute Gasteiger partial charge is 0.278 e. The topological polar surface area (TPSA) is 73.9 Å². The van der Waals surface area contributed by atoms with Crippen LogP contribution in [-0.2, 0) is 0 Å². The van der Waals surface area contributed by atoms with Crippen LogP contribution in [-0.4, -0.2) is 27.4 Å². The van der Waals surface area contributed by atoms with Crippen molar-refractivity contribution in [1.29, 1.82) is 0 Å². The highest BCUT2D eigenvalue weighted by Crippen LogP contribution is 2.22. The van der Waals surface area contributed by atoms with E-state index >= 15 is 0 Å². The highest BCUT2D eigenvalue weighted by Gasteiger charge is 2.11. The van der Waals surface area contributed by atoms with E-state index in [9.17, 15) is 0 Å². The number of rotatable bonds is 3. The maximum absolute atomic E-state index is 5.17. The highest BCUT2D eigenvalue weighted by atomic mass is 16.5. The summed E-state index contributed by atoms with van der Waals surface area (Å²) in [6, 6.07) is 10.9. The summed E-state index contributed by atoms with van der Waals surface area (Å²) >= 11 is 0. The summed E-state index contributed by atoms with van der Waals surface area (Å²) in [4.78, 5) is 4.29. The molecule has 0 saturated carbocycles. The first-order valence-corrected chi connectivity index (χ1v) is 5.63. The fourth-order valence-corrected chi connectivity index (χ4v) is 1.60. The lowest BCUT2D eigenvalue weighted by molar-refractivity contribution is 0.414. The Balaban J connectivity index is 1.92. The van der Waals surface area contributed by atoms with Crippen molar-refractivity contribution in [3.63, 3.8) is 0 Å². The Hall–Kier alpha value is -2.76. The third-order valence-corrected chi connectivity index (χ3v) is 2.57. The van der Waals surface area contributed by atoms with Gasteiger partial charge in [0.2, 0.25) is 5.82 Å². The van der Waals surface area contributed by atoms with Crippen molar-refractivity contribution in [1.82, 2.24) is 20.3 Å². The zero-order valence-corrected chi connectivity index (χ0v) is 10.1. The van der Waals surface area contributed by atoms with E-state index in [4.69, 9.17) is 9.26 Å². The summed E-state index contributed by atoms with van der Waals surface area (Å²) in [5, 5.41) is 11.6. The number of methoxy groups -OCH3 is 1. The van der Waals surface area contributed by atoms with Gasteiger partial charge in [-0.2, -0.15) is 10.1 Å². The Morgan fingerprint density at radius 1 is 1.11 bits per heavy atom. The monoisotopic (exact) mass is 254 g/mol. The molecular weight excluding hydrogens is 244 g/mol. The fraction of sp³-hybridized carbons (Fsp3) is 0.0769. The minimum atomic E-state index is 0.346. The Labute approximate surface area is 109 Å². The quantitative estimate of drug-likeness (QED) is 0.713. The van der Waals surface area contributed by atoms with Crippen LogP contribution in [0.2, 0.25) is 0 Å². The lowest BCUT2D eigenvalue weighted by Crippen LogP contribution is -1.86. The van der Waals surface area contributed by atoms with Gasteiger partial charge in [-0.25, -0.2) is 0 Å². The maximum atomic E-state index is 5.17. The first-order chi connectivity index (χ1) is 9.36. The molecule has 19 heavy (non-hydrogen) atoms. The minimum absolute atomic E-state index is 0.346. The van der Waals surface area contributed by atoms with Gasteiger partial charge in [-0.1, -0.05) is 5.16 Å². The van der Waals surface area contributed by atoms with E-state index in [1.165, 1.54) is 0 Å². The van der Waals surface area contributed by atoms with E-state index in [0.29, 0.717) is 17.4 Å². The second-order valence-electron chi connectivity index (χ2n) is 3.76. The van der Waals surface area contributed by atoms with Crippen LogP contribution in [0.5, 0.6) is 5.75 Å². The van der Waals surface area contributed by atoms with E-state index < -0.39 is 0 Å². The van der Waals surface area contributed by atoms with Crippen LogP contribution in [0, 0.1) is 0 Å². The predicted octanol–water partition coefficient (Wildman–Crippen LogP) is 2.20. The molecule has 0 aliphatic heterocycles. The van der Waals surface area contributed by atoms with Gasteiger partial charge in [0.05, 0.1) is 7.11 Å². The van der Waals surface area contributed by atoms with Crippen molar-refractivity contribution >= 4 is 0 Å². The van der Waals surface area contributed by atoms with Gasteiger partial charge in [0.1, 0.15) is 5.75 Å². The van der Waals surface area contributed by atoms with Crippen molar-refractivity contribution in [2.75, 3.05) is 7.11 Å². The van der Waals surface area contributed by atoms with Gasteiger partial charge < -0.3 is 9.26 Å². The second-order valence-corrected chi connectivity index (χ2v) is 3.76. The molecule has 2 aromatic heterocycles. The largest absolute Gasteiger partial charge is 0.497 e. The van der Waals surface area contributed by atoms with Crippen molar-refractivity contribution in [2.24, 2.45) is 0 Å². The minimum Gasteiger partial charge on any atom is -0.497 e. The van der Waals surface area contributed by atoms with Crippen LogP contribution in [0.4, 0.5) is 0 Å². The molecule has 2 heterocycles. The van der Waals surface area contributed by atoms with Gasteiger partial charge in [-0.05, 0) is 36.4 Å². The van der Waals surface area contributed by atoms with Crippen LogP contribution in [0.15, 0.2) is 47.1 Å². The number of hydrogen-bond acceptors (Lipinski definition) is 6. The molecule has 0 atom stereocenters. The number of ether oxygens (including phenoxy) is 1. The molecule has 6 nitrogen and oxygen atoms in total. The van der Waals surface area contributed by atoms with Gasteiger partial charge in [0.15, 0.2) is 5.69 Å². The van der Waals surface area contributed by atoms with Crippen molar-refractivity contribution in [2.45, 2.75) is 0 Å². The average molecular weight is 254 g/mol. The SMILES string of the molecule is COc1ccc(-c2noc(-c3cccnn3)n2)cc1. The normalized spacial score (nSPS) is 10.4. The van der Waals surface area contributed by atoms with Crippen LogP contribution in [0.1, 0.15) is 0 Å². The summed E-state index contributed by atoms with van der Waals surface area (Å²) in [6.45, 7) is 0. The standard InChI is InChI=1S/C13H10N4O2/c1-18-10-6-4-9(5-7-10)12-15-13(19-17-12)11-3-2-8-14-16-11/h2-8H,1H3. The molecule has 0 amide bonds. The third kappa shape index (κ3) is 2.28. The van der Waals surface area contributed by atoms with E-state index in [2.05, 4.69) is 20.3 Å². The van der Waals surface area contributed by atoms with Gasteiger partial charge in [0.25, 0.3) is 5.89 Å². The first-order valence-electron chi connectivity index (χ1n) is 5.63. The van der Waals surface area contributed by atoms with Crippen LogP contribution in [0.25, 0.3) is 23.0 Å². The van der Waals surface area contributed by atoms with Crippen molar-refractivity contribution in [3.05, 3.63) is 42.6 Å². The second kappa shape index (κ2) is 4.85. The molecule has 94 valence electrons. The lowest BCUT2D eigenvalue weighted by atomic mass is 10.2. The van der Waals surface area contributed by atoms with Gasteiger partial charge in [0, 0.05) is 11.8 Å². The molecule has 0 unspecified atom stereocenters. The predicted molar refractivity (Wildman–Crippen MR) is 67.3 cm³/mol. The van der Waals surface area contributed by atoms with Gasteiger partial charge in [-0.15, -0.1) is 5.10 Å². The zero-order chi connectivity index (χ0) is 13.1. The van der Waals surface area contributed by atoms with Crippen LogP contribution < -0.4 is 4.74 Å². The van der Waals surface area contributed by atoms with E-state index in [-0.39, 0.29) is 0 Å². The number of nitrogens with zero attached hydrogens (tertiary/aromatic N) is 4. The molecule has 0 aliphatic rings.